The van der Waals surface area contributed by atoms with Gasteiger partial charge in [0.25, 0.3) is 0 Å². The third-order valence-corrected chi connectivity index (χ3v) is 239. The van der Waals surface area contributed by atoms with Crippen LogP contribution >= 0.6 is 22.2 Å². The van der Waals surface area contributed by atoms with Crippen molar-refractivity contribution in [1.29, 1.82) is 0 Å². The van der Waals surface area contributed by atoms with E-state index < -0.39 is 70.7 Å². The van der Waals surface area contributed by atoms with Crippen LogP contribution in [0.1, 0.15) is 395 Å². The third kappa shape index (κ3) is 23.1. The van der Waals surface area contributed by atoms with Gasteiger partial charge in [-0.25, -0.2) is 0 Å². The molecule has 0 aliphatic carbocycles. The fourth-order valence-electron chi connectivity index (χ4n) is 22.9. The fourth-order valence-corrected chi connectivity index (χ4v) is 391. The molecule has 0 saturated heterocycles. The van der Waals surface area contributed by atoms with Crippen molar-refractivity contribution in [2.45, 2.75) is 516 Å². The molecule has 0 aromatic heterocycles. The van der Waals surface area contributed by atoms with Crippen LogP contribution in [0.25, 0.3) is 0 Å². The smallest absolute Gasteiger partial charge is 0.144 e. The fraction of sp³-hybridized carbons (Fsp3) is 1.00. The van der Waals surface area contributed by atoms with Gasteiger partial charge < -0.3 is 0 Å². The van der Waals surface area contributed by atoms with Crippen LogP contribution in [0, 0.1) is 0 Å². The van der Waals surface area contributed by atoms with Crippen molar-refractivity contribution in [2.24, 2.45) is 0 Å². The topological polar surface area (TPSA) is 0 Å². The van der Waals surface area contributed by atoms with Gasteiger partial charge in [0.05, 0.1) is 14.2 Å². The first-order valence-electron chi connectivity index (χ1n) is 43.8. The molecule has 0 spiro atoms. The van der Waals surface area contributed by atoms with Crippen LogP contribution in [-0.2, 0) is 0 Å². The van der Waals surface area contributed by atoms with Crippen LogP contribution in [0.5, 0.6) is 0 Å². The second-order valence-electron chi connectivity index (χ2n) is 32.7. The van der Waals surface area contributed by atoms with Gasteiger partial charge in [-0.3, -0.25) is 0 Å². The molecule has 12 heteroatoms. The van der Waals surface area contributed by atoms with Gasteiger partial charge >= 0.3 is 0 Å². The summed E-state index contributed by atoms with van der Waals surface area (Å²) in [5.74, 6) is 0. The maximum absolute atomic E-state index is 10.0. The van der Waals surface area contributed by atoms with Gasteiger partial charge in [0.2, 0.25) is 0 Å². The standard InChI is InChI=1S/C80H180Cl2Si10/c1-21-41-61-83(81,62-42-22-2)85(65-45-25-5,66-46-26-6)87(69-49-29-9,70-50-30-10)89(73-53-33-13,74-54-34-14)91(77-57-37-17,78-58-38-18)92(79-59-39-19,80-60-40-20)90(75-55-35-15,76-56-36-16)88(71-51-31-11,72-52-32-12)86(67-47-27-7,68-48-28-8)84(82,63-43-23-3)64-44-24-4/h21-80H2,1-20H3. The van der Waals surface area contributed by atoms with E-state index in [2.05, 4.69) is 138 Å². The van der Waals surface area contributed by atoms with Gasteiger partial charge in [-0.05, 0) is 24.2 Å². The Hall–Kier alpha value is 2.75. The Labute approximate surface area is 603 Å². The molecule has 0 amide bonds. The zero-order valence-corrected chi connectivity index (χ0v) is 79.7. The summed E-state index contributed by atoms with van der Waals surface area (Å²) in [6.07, 6.45) is 59.4. The van der Waals surface area contributed by atoms with Crippen LogP contribution in [-0.4, -0.2) is 70.7 Å². The van der Waals surface area contributed by atoms with E-state index in [1.165, 1.54) is 204 Å². The molecule has 0 radical (unpaired) electrons. The molecular formula is C80H180Cl2Si10. The molecule has 0 unspecified atom stereocenters. The number of unbranched alkanes of at least 4 members (excludes halogenated alkanes) is 20. The Morgan fingerprint density at radius 3 is 0.293 bits per heavy atom. The summed E-state index contributed by atoms with van der Waals surface area (Å²) in [6, 6.07) is 34.6. The molecule has 92 heavy (non-hydrogen) atoms. The molecule has 0 fully saturated rings. The highest BCUT2D eigenvalue weighted by Crippen LogP contribution is 2.66. The van der Waals surface area contributed by atoms with Crippen molar-refractivity contribution < 1.29 is 0 Å². The van der Waals surface area contributed by atoms with E-state index in [0.29, 0.717) is 0 Å². The average molecular weight is 1490 g/mol. The molecule has 0 aromatic rings. The van der Waals surface area contributed by atoms with Crippen molar-refractivity contribution in [3.8, 4) is 0 Å². The Balaban J connectivity index is 13.0. The van der Waals surface area contributed by atoms with Crippen LogP contribution in [0.15, 0.2) is 0 Å². The molecule has 0 aliphatic heterocycles. The maximum Gasteiger partial charge on any atom is 0.144 e. The van der Waals surface area contributed by atoms with Crippen molar-refractivity contribution in [1.82, 2.24) is 0 Å². The summed E-state index contributed by atoms with van der Waals surface area (Å²) in [7, 11) is -18.4. The lowest BCUT2D eigenvalue weighted by molar-refractivity contribution is 0.799. The second kappa shape index (κ2) is 53.5. The molecule has 0 bridgehead atoms. The molecule has 0 nitrogen and oxygen atoms in total. The number of halogens is 2. The highest BCUT2D eigenvalue weighted by Gasteiger charge is 2.83. The zero-order chi connectivity index (χ0) is 69.4. The van der Waals surface area contributed by atoms with E-state index in [-0.39, 0.29) is 0 Å². The lowest BCUT2D eigenvalue weighted by Crippen LogP contribution is -3.01. The van der Waals surface area contributed by atoms with E-state index >= 15 is 0 Å². The van der Waals surface area contributed by atoms with Crippen molar-refractivity contribution in [3.05, 3.63) is 0 Å². The summed E-state index contributed by atoms with van der Waals surface area (Å²) in [5.41, 5.74) is 0. The van der Waals surface area contributed by atoms with Gasteiger partial charge in [0.15, 0.2) is 0 Å². The Morgan fingerprint density at radius 2 is 0.196 bits per heavy atom. The van der Waals surface area contributed by atoms with Crippen LogP contribution in [0.3, 0.4) is 0 Å². The van der Waals surface area contributed by atoms with E-state index in [1.807, 2.05) is 48.4 Å². The third-order valence-electron chi connectivity index (χ3n) is 27.1. The molecule has 0 rings (SSSR count). The monoisotopic (exact) mass is 1490 g/mol. The SMILES string of the molecule is CCCC[Si](Cl)(CCCC)[Si](CCCC)(CCCC)[Si](CCCC)(CCCC)[Si](CCCC)(CCCC)[Si](CCCC)(CCCC)[Si](CCCC)(CCCC)[Si](CCCC)(CCCC)[Si](CCCC)(CCCC)[Si](CCCC)(CCCC)[Si](Cl)(CCCC)CCCC. The first kappa shape index (κ1) is 94.7. The van der Waals surface area contributed by atoms with Crippen molar-refractivity contribution in [3.63, 3.8) is 0 Å². The van der Waals surface area contributed by atoms with Crippen LogP contribution in [0.2, 0.25) is 121 Å². The highest BCUT2D eigenvalue weighted by atomic mass is 35.6. The number of hydrogen-bond acceptors (Lipinski definition) is 0. The molecule has 0 saturated carbocycles. The van der Waals surface area contributed by atoms with E-state index in [1.54, 1.807) is 125 Å². The summed E-state index contributed by atoms with van der Waals surface area (Å²) in [6.45, 7) is 49.5. The van der Waals surface area contributed by atoms with Gasteiger partial charge in [0, 0.05) is 42.7 Å². The first-order valence-corrected chi connectivity index (χ1v) is 79.0. The predicted octanol–water partition coefficient (Wildman–Crippen LogP) is 32.7. The average Bonchev–Trinajstić information content (AvgIpc) is 0.655. The Kier molecular flexibility index (Phi) is 55.1. The zero-order valence-electron chi connectivity index (χ0n) is 68.2. The van der Waals surface area contributed by atoms with Gasteiger partial charge in [-0.2, -0.15) is 22.2 Å². The van der Waals surface area contributed by atoms with Gasteiger partial charge in [-0.15, -0.1) is 0 Å². The van der Waals surface area contributed by atoms with Crippen molar-refractivity contribution in [2.75, 3.05) is 0 Å². The second-order valence-corrected chi connectivity index (χ2v) is 134. The summed E-state index contributed by atoms with van der Waals surface area (Å²) in [4.78, 5) is 0. The van der Waals surface area contributed by atoms with E-state index in [4.69, 9.17) is 0 Å². The van der Waals surface area contributed by atoms with Crippen LogP contribution in [0.4, 0.5) is 0 Å². The molecule has 0 heterocycles. The van der Waals surface area contributed by atoms with Crippen molar-refractivity contribution >= 4 is 92.8 Å². The first-order chi connectivity index (χ1) is 44.5. The lowest BCUT2D eigenvalue weighted by Gasteiger charge is -2.77. The Morgan fingerprint density at radius 1 is 0.120 bits per heavy atom. The minimum atomic E-state index is -2.36. The summed E-state index contributed by atoms with van der Waals surface area (Å²) >= 11 is 20.1. The minimum Gasteiger partial charge on any atom is -0.171 e. The lowest BCUT2D eigenvalue weighted by atomic mass is 10.4. The molecule has 0 atom stereocenters. The molecule has 0 aromatic carbocycles. The summed E-state index contributed by atoms with van der Waals surface area (Å²) in [5, 5.41) is 0. The van der Waals surface area contributed by atoms with Gasteiger partial charge in [0.1, 0.15) is 13.8 Å². The van der Waals surface area contributed by atoms with E-state index in [9.17, 15) is 22.2 Å². The number of hydrogen-bond donors (Lipinski definition) is 0. The summed E-state index contributed by atoms with van der Waals surface area (Å²) < 4.78 is 0. The normalized spacial score (nSPS) is 13.8. The number of rotatable bonds is 69. The highest BCUT2D eigenvalue weighted by molar-refractivity contribution is 8.09. The molecule has 554 valence electrons. The van der Waals surface area contributed by atoms with E-state index in [0.717, 1.165) is 0 Å². The minimum absolute atomic E-state index is 1.36. The quantitative estimate of drug-likeness (QED) is 0.0421. The maximum atomic E-state index is 10.0. The van der Waals surface area contributed by atoms with Crippen LogP contribution < -0.4 is 0 Å². The largest absolute Gasteiger partial charge is 0.171 e. The molecule has 0 aliphatic rings. The Bertz CT molecular complexity index is 1500. The molecular weight excluding hydrogens is 1310 g/mol. The molecule has 0 N–H and O–H groups in total. The predicted molar refractivity (Wildman–Crippen MR) is 464 cm³/mol. The van der Waals surface area contributed by atoms with Gasteiger partial charge in [-0.1, -0.05) is 492 Å².